The second kappa shape index (κ2) is 5.64. The molecule has 0 unspecified atom stereocenters. The van der Waals surface area contributed by atoms with Gasteiger partial charge in [0.2, 0.25) is 5.89 Å². The molecular formula is C16H11ClN4OS. The van der Waals surface area contributed by atoms with Gasteiger partial charge in [-0.25, -0.2) is 9.97 Å². The number of oxazole rings is 1. The minimum absolute atomic E-state index is 0.407. The molecule has 23 heavy (non-hydrogen) atoms. The molecule has 0 aliphatic heterocycles. The molecule has 1 aromatic carbocycles. The molecule has 4 rings (SSSR count). The van der Waals surface area contributed by atoms with Crippen LogP contribution in [-0.4, -0.2) is 19.7 Å². The minimum Gasteiger partial charge on any atom is -0.435 e. The van der Waals surface area contributed by atoms with E-state index in [9.17, 15) is 0 Å². The van der Waals surface area contributed by atoms with Gasteiger partial charge in [0, 0.05) is 29.9 Å². The zero-order chi connectivity index (χ0) is 15.8. The van der Waals surface area contributed by atoms with Gasteiger partial charge in [0.1, 0.15) is 15.6 Å². The first kappa shape index (κ1) is 14.2. The van der Waals surface area contributed by atoms with E-state index in [0.717, 1.165) is 26.5 Å². The first-order valence-corrected chi connectivity index (χ1v) is 8.06. The number of aromatic nitrogens is 4. The molecule has 0 spiro atoms. The summed E-state index contributed by atoms with van der Waals surface area (Å²) in [4.78, 5) is 9.71. The highest BCUT2D eigenvalue weighted by atomic mass is 35.5. The topological polar surface area (TPSA) is 56.7 Å². The van der Waals surface area contributed by atoms with E-state index >= 15 is 0 Å². The fourth-order valence-electron chi connectivity index (χ4n) is 2.18. The van der Waals surface area contributed by atoms with E-state index in [1.807, 2.05) is 43.6 Å². The van der Waals surface area contributed by atoms with Crippen LogP contribution in [-0.2, 0) is 7.05 Å². The summed E-state index contributed by atoms with van der Waals surface area (Å²) in [6.07, 6.45) is 7.30. The molecule has 0 saturated heterocycles. The monoisotopic (exact) mass is 342 g/mol. The number of hydrogen-bond acceptors (Lipinski definition) is 5. The number of fused-ring (bicyclic) bond motifs is 1. The molecule has 0 aliphatic carbocycles. The number of para-hydroxylation sites is 2. The highest BCUT2D eigenvalue weighted by molar-refractivity contribution is 7.16. The van der Waals surface area contributed by atoms with Crippen molar-refractivity contribution in [3.8, 4) is 10.6 Å². The number of aryl methyl sites for hydroxylation is 1. The van der Waals surface area contributed by atoms with Crippen molar-refractivity contribution < 1.29 is 4.42 Å². The summed E-state index contributed by atoms with van der Waals surface area (Å²) in [5, 5.41) is 5.49. The Labute approximate surface area is 140 Å². The SMILES string of the molecule is Cn1cc(-c2ncc(/C=C(/Cl)c3nc4ccccc4o3)s2)cn1. The van der Waals surface area contributed by atoms with Crippen LogP contribution in [0.4, 0.5) is 0 Å². The van der Waals surface area contributed by atoms with E-state index in [1.54, 1.807) is 17.1 Å². The van der Waals surface area contributed by atoms with Crippen molar-refractivity contribution in [1.82, 2.24) is 19.7 Å². The van der Waals surface area contributed by atoms with Crippen LogP contribution in [0.3, 0.4) is 0 Å². The van der Waals surface area contributed by atoms with Crippen LogP contribution >= 0.6 is 22.9 Å². The van der Waals surface area contributed by atoms with Gasteiger partial charge in [0.25, 0.3) is 0 Å². The first-order chi connectivity index (χ1) is 11.2. The van der Waals surface area contributed by atoms with E-state index in [2.05, 4.69) is 15.1 Å². The number of hydrogen-bond donors (Lipinski definition) is 0. The van der Waals surface area contributed by atoms with Gasteiger partial charge in [-0.05, 0) is 18.2 Å². The van der Waals surface area contributed by atoms with Crippen molar-refractivity contribution in [2.45, 2.75) is 0 Å². The van der Waals surface area contributed by atoms with E-state index in [-0.39, 0.29) is 0 Å². The van der Waals surface area contributed by atoms with Gasteiger partial charge in [-0.15, -0.1) is 11.3 Å². The summed E-state index contributed by atoms with van der Waals surface area (Å²) in [6.45, 7) is 0. The van der Waals surface area contributed by atoms with Gasteiger partial charge in [-0.2, -0.15) is 5.10 Å². The van der Waals surface area contributed by atoms with E-state index in [1.165, 1.54) is 11.3 Å². The normalized spacial score (nSPS) is 12.2. The number of rotatable bonds is 3. The van der Waals surface area contributed by atoms with Crippen molar-refractivity contribution in [3.63, 3.8) is 0 Å². The van der Waals surface area contributed by atoms with Crippen LogP contribution in [0.25, 0.3) is 32.8 Å². The van der Waals surface area contributed by atoms with Gasteiger partial charge < -0.3 is 4.42 Å². The number of nitrogens with zero attached hydrogens (tertiary/aromatic N) is 4. The summed E-state index contributed by atoms with van der Waals surface area (Å²) in [7, 11) is 1.88. The Morgan fingerprint density at radius 2 is 2.17 bits per heavy atom. The maximum atomic E-state index is 6.34. The molecule has 5 nitrogen and oxygen atoms in total. The summed E-state index contributed by atoms with van der Waals surface area (Å²) < 4.78 is 7.40. The van der Waals surface area contributed by atoms with Gasteiger partial charge >= 0.3 is 0 Å². The molecule has 0 bridgehead atoms. The van der Waals surface area contributed by atoms with Crippen LogP contribution in [0.5, 0.6) is 0 Å². The highest BCUT2D eigenvalue weighted by Crippen LogP contribution is 2.30. The predicted octanol–water partition coefficient (Wildman–Crippen LogP) is 4.42. The highest BCUT2D eigenvalue weighted by Gasteiger charge is 2.10. The van der Waals surface area contributed by atoms with E-state index in [0.29, 0.717) is 10.9 Å². The third kappa shape index (κ3) is 2.78. The number of halogens is 1. The Morgan fingerprint density at radius 1 is 1.30 bits per heavy atom. The second-order valence-electron chi connectivity index (χ2n) is 4.95. The van der Waals surface area contributed by atoms with Gasteiger partial charge in [0.15, 0.2) is 5.58 Å². The average Bonchev–Trinajstić information content (AvgIpc) is 3.25. The molecule has 7 heteroatoms. The smallest absolute Gasteiger partial charge is 0.238 e. The largest absolute Gasteiger partial charge is 0.435 e. The van der Waals surface area contributed by atoms with Crippen molar-refractivity contribution >= 4 is 45.1 Å². The quantitative estimate of drug-likeness (QED) is 0.553. The molecule has 0 fully saturated rings. The van der Waals surface area contributed by atoms with Gasteiger partial charge in [-0.3, -0.25) is 4.68 Å². The van der Waals surface area contributed by atoms with Gasteiger partial charge in [-0.1, -0.05) is 23.7 Å². The van der Waals surface area contributed by atoms with E-state index < -0.39 is 0 Å². The Bertz CT molecular complexity index is 981. The van der Waals surface area contributed by atoms with Crippen molar-refractivity contribution in [2.75, 3.05) is 0 Å². The lowest BCUT2D eigenvalue weighted by Crippen LogP contribution is -1.83. The molecule has 3 aromatic heterocycles. The summed E-state index contributed by atoms with van der Waals surface area (Å²) in [6, 6.07) is 7.57. The molecule has 0 atom stereocenters. The summed E-state index contributed by atoms with van der Waals surface area (Å²) in [5.74, 6) is 0.407. The first-order valence-electron chi connectivity index (χ1n) is 6.87. The molecular weight excluding hydrogens is 332 g/mol. The standard InChI is InChI=1S/C16H11ClN4OS/c1-21-9-10(7-19-21)16-18-8-11(23-16)6-12(17)15-20-13-4-2-3-5-14(13)22-15/h2-9H,1H3/b12-6+. The third-order valence-electron chi connectivity index (χ3n) is 3.24. The van der Waals surface area contributed by atoms with Crippen molar-refractivity contribution in [2.24, 2.45) is 7.05 Å². The minimum atomic E-state index is 0.407. The zero-order valence-corrected chi connectivity index (χ0v) is 13.7. The molecule has 0 aliphatic rings. The fraction of sp³-hybridized carbons (Fsp3) is 0.0625. The summed E-state index contributed by atoms with van der Waals surface area (Å²) in [5.41, 5.74) is 2.49. The lowest BCUT2D eigenvalue weighted by molar-refractivity contribution is 0.588. The van der Waals surface area contributed by atoms with Crippen molar-refractivity contribution in [3.05, 3.63) is 53.6 Å². The van der Waals surface area contributed by atoms with E-state index in [4.69, 9.17) is 16.0 Å². The average molecular weight is 343 g/mol. The van der Waals surface area contributed by atoms with Gasteiger partial charge in [0.05, 0.1) is 6.20 Å². The molecule has 0 amide bonds. The van der Waals surface area contributed by atoms with Crippen LogP contribution in [0.15, 0.2) is 47.3 Å². The lowest BCUT2D eigenvalue weighted by Gasteiger charge is -1.90. The molecule has 0 saturated carbocycles. The third-order valence-corrected chi connectivity index (χ3v) is 4.51. The molecule has 114 valence electrons. The Hall–Kier alpha value is -2.44. The number of thiazole rings is 1. The zero-order valence-electron chi connectivity index (χ0n) is 12.1. The second-order valence-corrected chi connectivity index (χ2v) is 6.42. The Balaban J connectivity index is 1.65. The van der Waals surface area contributed by atoms with Crippen LogP contribution < -0.4 is 0 Å². The van der Waals surface area contributed by atoms with Crippen molar-refractivity contribution in [1.29, 1.82) is 0 Å². The lowest BCUT2D eigenvalue weighted by atomic mass is 10.3. The predicted molar refractivity (Wildman–Crippen MR) is 92.0 cm³/mol. The number of benzene rings is 1. The maximum Gasteiger partial charge on any atom is 0.238 e. The molecule has 4 aromatic rings. The molecule has 0 N–H and O–H groups in total. The van der Waals surface area contributed by atoms with Crippen LogP contribution in [0.1, 0.15) is 10.8 Å². The van der Waals surface area contributed by atoms with Crippen LogP contribution in [0, 0.1) is 0 Å². The van der Waals surface area contributed by atoms with Crippen LogP contribution in [0.2, 0.25) is 0 Å². The Morgan fingerprint density at radius 3 is 2.96 bits per heavy atom. The Kier molecular flexibility index (Phi) is 3.48. The molecule has 0 radical (unpaired) electrons. The maximum absolute atomic E-state index is 6.34. The summed E-state index contributed by atoms with van der Waals surface area (Å²) >= 11 is 7.87. The fourth-order valence-corrected chi connectivity index (χ4v) is 3.28. The molecule has 3 heterocycles.